The highest BCUT2D eigenvalue weighted by molar-refractivity contribution is 7.14. The molecule has 5 aromatic rings. The molecule has 4 heterocycles. The zero-order chi connectivity index (χ0) is 26.2. The van der Waals surface area contributed by atoms with Gasteiger partial charge in [0.1, 0.15) is 27.3 Å². The Balaban J connectivity index is 1.31. The third kappa shape index (κ3) is 4.89. The number of aromatic nitrogens is 5. The van der Waals surface area contributed by atoms with E-state index in [9.17, 15) is 4.79 Å². The Morgan fingerprint density at radius 1 is 1.11 bits per heavy atom. The minimum Gasteiger partial charge on any atom is -0.457 e. The predicted octanol–water partition coefficient (Wildman–Crippen LogP) is 6.43. The number of imidazole rings is 1. The number of nitrogens with one attached hydrogen (secondary N) is 1. The van der Waals surface area contributed by atoms with Gasteiger partial charge in [-0.25, -0.2) is 9.97 Å². The van der Waals surface area contributed by atoms with E-state index in [4.69, 9.17) is 4.74 Å². The van der Waals surface area contributed by atoms with E-state index in [1.165, 1.54) is 0 Å². The second-order valence-corrected chi connectivity index (χ2v) is 11.1. The average molecular weight is 525 g/mol. The summed E-state index contributed by atoms with van der Waals surface area (Å²) < 4.78 is 6.42. The summed E-state index contributed by atoms with van der Waals surface area (Å²) in [6.07, 6.45) is 2.32. The fourth-order valence-electron chi connectivity index (χ4n) is 4.61. The average Bonchev–Trinajstić information content (AvgIpc) is 3.64. The van der Waals surface area contributed by atoms with Crippen molar-refractivity contribution >= 4 is 28.4 Å². The number of rotatable bonds is 7. The number of fused-ring (bicyclic) bond motifs is 1. The Morgan fingerprint density at radius 3 is 2.63 bits per heavy atom. The van der Waals surface area contributed by atoms with E-state index in [1.54, 1.807) is 17.5 Å². The maximum absolute atomic E-state index is 12.5. The van der Waals surface area contributed by atoms with Crippen LogP contribution in [0.15, 0.2) is 60.8 Å². The van der Waals surface area contributed by atoms with Gasteiger partial charge >= 0.3 is 0 Å². The molecule has 1 fully saturated rings. The van der Waals surface area contributed by atoms with Crippen molar-refractivity contribution in [3.8, 4) is 33.5 Å². The fourth-order valence-corrected chi connectivity index (χ4v) is 5.47. The summed E-state index contributed by atoms with van der Waals surface area (Å²) in [5.74, 6) is 3.00. The fraction of sp³-hybridized carbons (Fsp3) is 0.276. The molecule has 38 heavy (non-hydrogen) atoms. The lowest BCUT2D eigenvalue weighted by Gasteiger charge is -2.19. The molecule has 6 rings (SSSR count). The molecule has 1 aliphatic rings. The van der Waals surface area contributed by atoms with Crippen molar-refractivity contribution in [1.29, 1.82) is 0 Å². The number of benzene rings is 2. The number of H-pyrrole nitrogens is 1. The van der Waals surface area contributed by atoms with E-state index in [2.05, 4.69) is 45.9 Å². The van der Waals surface area contributed by atoms with Crippen LogP contribution in [0.1, 0.15) is 43.7 Å². The van der Waals surface area contributed by atoms with Crippen LogP contribution in [-0.4, -0.2) is 42.5 Å². The number of hydrogen-bond donors (Lipinski definition) is 1. The van der Waals surface area contributed by atoms with Crippen molar-refractivity contribution in [2.45, 2.75) is 39.7 Å². The molecule has 192 valence electrons. The van der Waals surface area contributed by atoms with Gasteiger partial charge < -0.3 is 14.6 Å². The van der Waals surface area contributed by atoms with Gasteiger partial charge in [-0.05, 0) is 48.4 Å². The Kier molecular flexibility index (Phi) is 6.37. The second-order valence-electron chi connectivity index (χ2n) is 10.1. The molecule has 9 heteroatoms. The van der Waals surface area contributed by atoms with Gasteiger partial charge in [0, 0.05) is 48.3 Å². The highest BCUT2D eigenvalue weighted by Gasteiger charge is 2.27. The SMILES string of the molecule is CC(C)c1nnc(-c2ccc(Oc3cc(-c4nc5ncccc5[nH]4)ccc3CN3C[C@@H](C)CC3=O)cc2)s1. The second kappa shape index (κ2) is 9.98. The first kappa shape index (κ1) is 24.2. The first-order chi connectivity index (χ1) is 18.4. The molecule has 8 nitrogen and oxygen atoms in total. The lowest BCUT2D eigenvalue weighted by atomic mass is 10.1. The summed E-state index contributed by atoms with van der Waals surface area (Å²) in [5, 5.41) is 10.6. The van der Waals surface area contributed by atoms with Crippen molar-refractivity contribution in [3.63, 3.8) is 0 Å². The van der Waals surface area contributed by atoms with Crippen LogP contribution in [0.25, 0.3) is 33.1 Å². The molecule has 0 radical (unpaired) electrons. The minimum atomic E-state index is 0.179. The quantitative estimate of drug-likeness (QED) is 0.264. The van der Waals surface area contributed by atoms with Crippen LogP contribution >= 0.6 is 11.3 Å². The molecule has 1 amide bonds. The lowest BCUT2D eigenvalue weighted by Crippen LogP contribution is -2.24. The first-order valence-corrected chi connectivity index (χ1v) is 13.6. The topological polar surface area (TPSA) is 96.9 Å². The third-order valence-electron chi connectivity index (χ3n) is 6.63. The summed E-state index contributed by atoms with van der Waals surface area (Å²) >= 11 is 1.61. The van der Waals surface area contributed by atoms with E-state index in [-0.39, 0.29) is 5.91 Å². The van der Waals surface area contributed by atoms with E-state index < -0.39 is 0 Å². The van der Waals surface area contributed by atoms with Gasteiger partial charge in [-0.1, -0.05) is 44.2 Å². The maximum atomic E-state index is 12.5. The standard InChI is InChI=1S/C29H28N6O2S/c1-17(2)28-33-34-29(38-28)19-8-10-22(11-9-19)37-24-14-20(26-31-23-5-4-12-30-27(23)32-26)6-7-21(24)16-35-15-18(3)13-25(35)36/h4-12,14,17-18H,13,15-16H2,1-3H3,(H,30,31,32)/t18-/m0/s1. The van der Waals surface area contributed by atoms with Crippen LogP contribution in [0.3, 0.4) is 0 Å². The Bertz CT molecular complexity index is 1570. The number of amides is 1. The lowest BCUT2D eigenvalue weighted by molar-refractivity contribution is -0.128. The normalized spacial score (nSPS) is 15.6. The van der Waals surface area contributed by atoms with Crippen molar-refractivity contribution < 1.29 is 9.53 Å². The summed E-state index contributed by atoms with van der Waals surface area (Å²) in [5.41, 5.74) is 4.37. The van der Waals surface area contributed by atoms with Gasteiger partial charge in [0.2, 0.25) is 5.91 Å². The van der Waals surface area contributed by atoms with Gasteiger partial charge in [-0.2, -0.15) is 0 Å². The Hall–Kier alpha value is -4.11. The van der Waals surface area contributed by atoms with Gasteiger partial charge in [-0.15, -0.1) is 10.2 Å². The van der Waals surface area contributed by atoms with Crippen molar-refractivity contribution in [2.75, 3.05) is 6.54 Å². The number of carbonyl (C=O) groups is 1. The largest absolute Gasteiger partial charge is 0.457 e. The number of hydrogen-bond acceptors (Lipinski definition) is 7. The van der Waals surface area contributed by atoms with Gasteiger partial charge in [0.05, 0.1) is 5.52 Å². The molecule has 1 aliphatic heterocycles. The van der Waals surface area contributed by atoms with Crippen LogP contribution in [-0.2, 0) is 11.3 Å². The van der Waals surface area contributed by atoms with E-state index in [1.807, 2.05) is 59.5 Å². The van der Waals surface area contributed by atoms with Crippen LogP contribution < -0.4 is 4.74 Å². The molecule has 3 aromatic heterocycles. The Morgan fingerprint density at radius 2 is 1.92 bits per heavy atom. The van der Waals surface area contributed by atoms with Crippen LogP contribution in [0.2, 0.25) is 0 Å². The molecule has 0 saturated carbocycles. The minimum absolute atomic E-state index is 0.179. The summed E-state index contributed by atoms with van der Waals surface area (Å²) in [6.45, 7) is 7.60. The zero-order valence-electron chi connectivity index (χ0n) is 21.5. The van der Waals surface area contributed by atoms with Gasteiger partial charge in [0.15, 0.2) is 5.65 Å². The molecular formula is C29H28N6O2S. The molecule has 1 N–H and O–H groups in total. The highest BCUT2D eigenvalue weighted by Crippen LogP contribution is 2.34. The maximum Gasteiger partial charge on any atom is 0.223 e. The third-order valence-corrected chi connectivity index (χ3v) is 7.90. The number of ether oxygens (including phenoxy) is 1. The number of pyridine rings is 1. The van der Waals surface area contributed by atoms with Crippen LogP contribution in [0.5, 0.6) is 11.5 Å². The number of aromatic amines is 1. The van der Waals surface area contributed by atoms with Crippen molar-refractivity contribution in [2.24, 2.45) is 5.92 Å². The zero-order valence-corrected chi connectivity index (χ0v) is 22.3. The molecule has 0 bridgehead atoms. The molecule has 0 unspecified atom stereocenters. The van der Waals surface area contributed by atoms with E-state index >= 15 is 0 Å². The van der Waals surface area contributed by atoms with Crippen LogP contribution in [0, 0.1) is 5.92 Å². The molecule has 2 aromatic carbocycles. The molecular weight excluding hydrogens is 496 g/mol. The molecule has 0 aliphatic carbocycles. The van der Waals surface area contributed by atoms with Gasteiger partial charge in [0.25, 0.3) is 0 Å². The smallest absolute Gasteiger partial charge is 0.223 e. The first-order valence-electron chi connectivity index (χ1n) is 12.8. The number of likely N-dealkylation sites (tertiary alicyclic amines) is 1. The summed E-state index contributed by atoms with van der Waals surface area (Å²) in [4.78, 5) is 26.7. The summed E-state index contributed by atoms with van der Waals surface area (Å²) in [7, 11) is 0. The van der Waals surface area contributed by atoms with Crippen LogP contribution in [0.4, 0.5) is 0 Å². The molecule has 1 saturated heterocycles. The number of carbonyl (C=O) groups excluding carboxylic acids is 1. The number of nitrogens with zero attached hydrogens (tertiary/aromatic N) is 5. The highest BCUT2D eigenvalue weighted by atomic mass is 32.1. The summed E-state index contributed by atoms with van der Waals surface area (Å²) in [6, 6.07) is 17.7. The molecule has 0 spiro atoms. The van der Waals surface area contributed by atoms with E-state index in [0.717, 1.165) is 38.8 Å². The monoisotopic (exact) mass is 524 g/mol. The van der Waals surface area contributed by atoms with Crippen molar-refractivity contribution in [3.05, 3.63) is 71.4 Å². The predicted molar refractivity (Wildman–Crippen MR) is 148 cm³/mol. The van der Waals surface area contributed by atoms with Gasteiger partial charge in [-0.3, -0.25) is 4.79 Å². The van der Waals surface area contributed by atoms with Crippen molar-refractivity contribution in [1.82, 2.24) is 30.0 Å². The molecule has 1 atom stereocenters. The van der Waals surface area contributed by atoms with E-state index in [0.29, 0.717) is 47.8 Å². The Labute approximate surface area is 224 Å².